The molecule has 0 amide bonds. The summed E-state index contributed by atoms with van der Waals surface area (Å²) in [7, 11) is 0. The molecule has 53 heavy (non-hydrogen) atoms. The summed E-state index contributed by atoms with van der Waals surface area (Å²) in [4.78, 5) is 80.7. The summed E-state index contributed by atoms with van der Waals surface area (Å²) in [5.74, 6) is -3.77. The van der Waals surface area contributed by atoms with Gasteiger partial charge in [-0.25, -0.2) is 19.2 Å². The van der Waals surface area contributed by atoms with Gasteiger partial charge in [0, 0.05) is 22.3 Å². The first kappa shape index (κ1) is 37.5. The molecule has 1 aliphatic heterocycles. The summed E-state index contributed by atoms with van der Waals surface area (Å²) in [6.45, 7) is -0.617. The molecule has 16 heteroatoms. The van der Waals surface area contributed by atoms with E-state index in [9.17, 15) is 28.8 Å². The van der Waals surface area contributed by atoms with E-state index >= 15 is 0 Å². The van der Waals surface area contributed by atoms with Gasteiger partial charge in [0.05, 0.1) is 32.3 Å². The van der Waals surface area contributed by atoms with Crippen molar-refractivity contribution in [3.63, 3.8) is 0 Å². The van der Waals surface area contributed by atoms with Crippen LogP contribution in [0.15, 0.2) is 119 Å². The van der Waals surface area contributed by atoms with Gasteiger partial charge in [-0.05, 0) is 60.7 Å². The molecule has 1 saturated heterocycles. The summed E-state index contributed by atoms with van der Waals surface area (Å²) < 4.78 is 24.6. The number of hydrogen-bond donors (Lipinski definition) is 0. The Bertz CT molecular complexity index is 2330. The topological polar surface area (TPSA) is 149 Å². The Morgan fingerprint density at radius 1 is 0.642 bits per heavy atom. The molecule has 0 unspecified atom stereocenters. The first-order valence-corrected chi connectivity index (χ1v) is 17.1. The van der Waals surface area contributed by atoms with Crippen LogP contribution in [0.1, 0.15) is 47.7 Å². The summed E-state index contributed by atoms with van der Waals surface area (Å²) in [6.07, 6.45) is -5.21. The van der Waals surface area contributed by atoms with E-state index < -0.39 is 66.2 Å². The van der Waals surface area contributed by atoms with Crippen LogP contribution in [0, 0.1) is 0 Å². The van der Waals surface area contributed by atoms with Gasteiger partial charge in [0.15, 0.2) is 18.4 Å². The smallest absolute Gasteiger partial charge is 0.340 e. The number of benzene rings is 4. The lowest BCUT2D eigenvalue weighted by atomic mass is 10.1. The molecule has 0 N–H and O–H groups in total. The zero-order valence-corrected chi connectivity index (χ0v) is 29.9. The number of rotatable bonds is 9. The number of carbonyl (C=O) groups excluding carboxylic acids is 4. The molecule has 1 aliphatic rings. The highest BCUT2D eigenvalue weighted by molar-refractivity contribution is 6.37. The molecule has 1 aromatic heterocycles. The molecule has 0 radical (unpaired) electrons. The molecule has 0 saturated carbocycles. The molecule has 0 aliphatic carbocycles. The van der Waals surface area contributed by atoms with Crippen molar-refractivity contribution in [2.45, 2.75) is 24.5 Å². The average Bonchev–Trinajstić information content (AvgIpc) is 3.46. The number of aromatic nitrogens is 2. The van der Waals surface area contributed by atoms with Crippen molar-refractivity contribution in [2.75, 3.05) is 6.61 Å². The van der Waals surface area contributed by atoms with Crippen molar-refractivity contribution in [3.8, 4) is 0 Å². The molecule has 0 spiro atoms. The maximum absolute atomic E-state index is 14.0. The fourth-order valence-electron chi connectivity index (χ4n) is 5.41. The fourth-order valence-corrected chi connectivity index (χ4v) is 6.39. The van der Waals surface area contributed by atoms with Gasteiger partial charge in [-0.2, -0.15) is 4.57 Å². The lowest BCUT2D eigenvalue weighted by Gasteiger charge is -2.25. The van der Waals surface area contributed by atoms with Crippen LogP contribution in [0.5, 0.6) is 0 Å². The van der Waals surface area contributed by atoms with Gasteiger partial charge in [0.25, 0.3) is 11.5 Å². The molecular formula is C37H24Cl4N2O10. The molecular weight excluding hydrogens is 774 g/mol. The van der Waals surface area contributed by atoms with Gasteiger partial charge in [0.2, 0.25) is 0 Å². The van der Waals surface area contributed by atoms with Crippen LogP contribution in [0.25, 0.3) is 0 Å². The zero-order valence-electron chi connectivity index (χ0n) is 26.9. The maximum atomic E-state index is 14.0. The minimum absolute atomic E-state index is 0.00583. The Morgan fingerprint density at radius 2 is 1.17 bits per heavy atom. The predicted octanol–water partition coefficient (Wildman–Crippen LogP) is 6.52. The summed E-state index contributed by atoms with van der Waals surface area (Å²) in [6, 6.07) is 24.5. The Kier molecular flexibility index (Phi) is 11.5. The van der Waals surface area contributed by atoms with Crippen LogP contribution in [0.4, 0.5) is 0 Å². The fraction of sp³-hybridized carbons (Fsp3) is 0.135. The van der Waals surface area contributed by atoms with E-state index in [1.807, 2.05) is 0 Å². The molecule has 270 valence electrons. The van der Waals surface area contributed by atoms with Gasteiger partial charge in [-0.3, -0.25) is 14.2 Å². The highest BCUT2D eigenvalue weighted by Gasteiger charge is 2.52. The van der Waals surface area contributed by atoms with Crippen LogP contribution < -0.4 is 11.2 Å². The van der Waals surface area contributed by atoms with Crippen LogP contribution in [-0.2, 0) is 18.9 Å². The van der Waals surface area contributed by atoms with E-state index in [0.717, 1.165) is 16.8 Å². The quantitative estimate of drug-likeness (QED) is 0.119. The third-order valence-electron chi connectivity index (χ3n) is 7.97. The SMILES string of the molecule is O=C(O[C@H]1[C@H](OC(=O)c2ccccc2)[C@@H](n2ccc(=O)n(C(=O)c3ccc(Cl)cc3Cl)c2=O)O[C@H]1COC(=O)c1ccc(Cl)cc1Cl)c1ccccc1. The van der Waals surface area contributed by atoms with Crippen LogP contribution in [-0.4, -0.2) is 57.9 Å². The highest BCUT2D eigenvalue weighted by Crippen LogP contribution is 2.35. The molecule has 4 aromatic carbocycles. The third-order valence-corrected chi connectivity index (χ3v) is 9.07. The second kappa shape index (κ2) is 16.2. The second-order valence-corrected chi connectivity index (χ2v) is 13.1. The Balaban J connectivity index is 1.42. The Labute approximate surface area is 319 Å². The monoisotopic (exact) mass is 796 g/mol. The molecule has 4 atom stereocenters. The third kappa shape index (κ3) is 8.22. The lowest BCUT2D eigenvalue weighted by molar-refractivity contribution is -0.0643. The van der Waals surface area contributed by atoms with Gasteiger partial charge in [-0.15, -0.1) is 0 Å². The first-order valence-electron chi connectivity index (χ1n) is 15.6. The summed E-state index contributed by atoms with van der Waals surface area (Å²) in [5, 5.41) is 0.335. The van der Waals surface area contributed by atoms with E-state index in [-0.39, 0.29) is 42.3 Å². The zero-order chi connectivity index (χ0) is 37.8. The number of nitrogens with zero attached hydrogens (tertiary/aromatic N) is 2. The molecule has 5 aromatic rings. The van der Waals surface area contributed by atoms with E-state index in [0.29, 0.717) is 4.57 Å². The van der Waals surface area contributed by atoms with Crippen LogP contribution >= 0.6 is 46.4 Å². The molecule has 0 bridgehead atoms. The average molecular weight is 798 g/mol. The van der Waals surface area contributed by atoms with Crippen molar-refractivity contribution < 1.29 is 38.1 Å². The van der Waals surface area contributed by atoms with Crippen molar-refractivity contribution in [2.24, 2.45) is 0 Å². The number of esters is 3. The summed E-state index contributed by atoms with van der Waals surface area (Å²) >= 11 is 24.4. The molecule has 1 fully saturated rings. The normalized spacial score (nSPS) is 17.9. The number of carbonyl (C=O) groups is 4. The van der Waals surface area contributed by atoms with Crippen LogP contribution in [0.3, 0.4) is 0 Å². The molecule has 6 rings (SSSR count). The van der Waals surface area contributed by atoms with Crippen molar-refractivity contribution in [1.82, 2.24) is 9.13 Å². The van der Waals surface area contributed by atoms with E-state index in [2.05, 4.69) is 0 Å². The maximum Gasteiger partial charge on any atom is 0.340 e. The van der Waals surface area contributed by atoms with E-state index in [4.69, 9.17) is 65.4 Å². The van der Waals surface area contributed by atoms with E-state index in [1.165, 1.54) is 60.7 Å². The van der Waals surface area contributed by atoms with Crippen molar-refractivity contribution in [3.05, 3.63) is 173 Å². The van der Waals surface area contributed by atoms with E-state index in [1.54, 1.807) is 36.4 Å². The highest BCUT2D eigenvalue weighted by atomic mass is 35.5. The van der Waals surface area contributed by atoms with Crippen LogP contribution in [0.2, 0.25) is 20.1 Å². The Morgan fingerprint density at radius 3 is 1.72 bits per heavy atom. The Hall–Kier alpha value is -5.24. The lowest BCUT2D eigenvalue weighted by Crippen LogP contribution is -2.47. The van der Waals surface area contributed by atoms with Crippen molar-refractivity contribution >= 4 is 70.2 Å². The number of hydrogen-bond acceptors (Lipinski definition) is 10. The van der Waals surface area contributed by atoms with Gasteiger partial charge in [-0.1, -0.05) is 82.8 Å². The molecule has 12 nitrogen and oxygen atoms in total. The minimum atomic E-state index is -1.66. The van der Waals surface area contributed by atoms with Crippen molar-refractivity contribution in [1.29, 1.82) is 0 Å². The van der Waals surface area contributed by atoms with Gasteiger partial charge < -0.3 is 18.9 Å². The number of ether oxygens (including phenoxy) is 4. The van der Waals surface area contributed by atoms with Gasteiger partial charge >= 0.3 is 23.6 Å². The van der Waals surface area contributed by atoms with Gasteiger partial charge in [0.1, 0.15) is 12.7 Å². The minimum Gasteiger partial charge on any atom is -0.459 e. The standard InChI is InChI=1S/C37H24Cl4N2O10/c38-22-11-13-24(26(40)17-22)32(45)43-29(44)15-16-42(37(43)49)33-31(53-35(47)21-9-5-2-6-10-21)30(52-34(46)20-7-3-1-4-8-20)28(51-33)19-50-36(48)25-14-12-23(39)18-27(25)41/h1-18,28,30-31,33H,19H2/t28-,30+,31-,33-/m0/s1. The largest absolute Gasteiger partial charge is 0.459 e. The second-order valence-electron chi connectivity index (χ2n) is 11.4. The predicted molar refractivity (Wildman–Crippen MR) is 193 cm³/mol. The molecule has 2 heterocycles. The summed E-state index contributed by atoms with van der Waals surface area (Å²) in [5.41, 5.74) is -2.29. The first-order chi connectivity index (χ1) is 25.4. The number of halogens is 4.